The molecule has 8 heteroatoms. The predicted octanol–water partition coefficient (Wildman–Crippen LogP) is -1.25. The normalized spacial score (nSPS) is 43.0. The Morgan fingerprint density at radius 3 is 2.95 bits per heavy atom. The van der Waals surface area contributed by atoms with Crippen molar-refractivity contribution in [1.82, 2.24) is 10.2 Å². The molecule has 0 unspecified atom stereocenters. The Morgan fingerprint density at radius 1 is 1.50 bits per heavy atom. The molecular weight excluding hydrogens is 282 g/mol. The molecule has 3 saturated heterocycles. The van der Waals surface area contributed by atoms with Crippen molar-refractivity contribution in [2.45, 2.75) is 42.6 Å². The molecule has 20 heavy (non-hydrogen) atoms. The second kappa shape index (κ2) is 5.51. The van der Waals surface area contributed by atoms with Crippen molar-refractivity contribution in [3.8, 4) is 0 Å². The molecule has 3 aliphatic heterocycles. The Balaban J connectivity index is 1.69. The molecule has 5 atom stereocenters. The average Bonchev–Trinajstić information content (AvgIpc) is 3.02. The predicted molar refractivity (Wildman–Crippen MR) is 74.4 cm³/mol. The molecule has 3 aliphatic rings. The van der Waals surface area contributed by atoms with E-state index in [2.05, 4.69) is 10.3 Å². The zero-order valence-corrected chi connectivity index (χ0v) is 12.0. The number of ether oxygens (including phenoxy) is 1. The summed E-state index contributed by atoms with van der Waals surface area (Å²) in [7, 11) is 1.66. The van der Waals surface area contributed by atoms with Gasteiger partial charge in [-0.15, -0.1) is 0 Å². The summed E-state index contributed by atoms with van der Waals surface area (Å²) >= 11 is 1.40. The van der Waals surface area contributed by atoms with Crippen molar-refractivity contribution in [2.75, 3.05) is 20.1 Å². The molecule has 0 spiro atoms. The highest BCUT2D eigenvalue weighted by Crippen LogP contribution is 2.34. The Hall–Kier alpha value is -0.830. The van der Waals surface area contributed by atoms with Crippen LogP contribution in [0.2, 0.25) is 0 Å². The quantitative estimate of drug-likeness (QED) is 0.590. The third kappa shape index (κ3) is 2.41. The van der Waals surface area contributed by atoms with Crippen LogP contribution in [0.1, 0.15) is 12.8 Å². The number of amides is 1. The van der Waals surface area contributed by atoms with E-state index in [0.717, 1.165) is 6.42 Å². The highest BCUT2D eigenvalue weighted by Gasteiger charge is 2.49. The number of aliphatic imine (C=N–C) groups is 1. The van der Waals surface area contributed by atoms with Gasteiger partial charge >= 0.3 is 0 Å². The van der Waals surface area contributed by atoms with Crippen molar-refractivity contribution in [2.24, 2.45) is 4.99 Å². The topological polar surface area (TPSA) is 94.4 Å². The van der Waals surface area contributed by atoms with Gasteiger partial charge < -0.3 is 25.2 Å². The van der Waals surface area contributed by atoms with Crippen molar-refractivity contribution in [1.29, 1.82) is 0 Å². The SMILES string of the molecule is CN=C1N[C@@H]2[C@@H](O)[C@@H](O)[C@@H](CN3CCCC3=O)O[C@@H]2S1. The standard InChI is InChI=1S/C12H19N3O4S/c1-13-12-14-8-10(18)9(17)6(19-11(8)20-12)5-15-4-2-3-7(15)16/h6,8-11,17-18H,2-5H2,1H3,(H,13,14)/t6-,8-,9+,10-,11-/m1/s1. The van der Waals surface area contributed by atoms with Crippen LogP contribution in [-0.2, 0) is 9.53 Å². The van der Waals surface area contributed by atoms with Gasteiger partial charge in [-0.1, -0.05) is 11.8 Å². The van der Waals surface area contributed by atoms with Gasteiger partial charge in [0.05, 0.1) is 6.04 Å². The van der Waals surface area contributed by atoms with Crippen LogP contribution in [0.5, 0.6) is 0 Å². The van der Waals surface area contributed by atoms with Crippen LogP contribution in [0, 0.1) is 0 Å². The van der Waals surface area contributed by atoms with E-state index in [9.17, 15) is 15.0 Å². The molecule has 3 rings (SSSR count). The van der Waals surface area contributed by atoms with Gasteiger partial charge in [-0.2, -0.15) is 0 Å². The fourth-order valence-corrected chi connectivity index (χ4v) is 3.96. The molecule has 1 amide bonds. The average molecular weight is 301 g/mol. The molecule has 3 heterocycles. The number of nitrogens with one attached hydrogen (secondary N) is 1. The number of nitrogens with zero attached hydrogens (tertiary/aromatic N) is 2. The summed E-state index contributed by atoms with van der Waals surface area (Å²) in [5.74, 6) is 0.0884. The van der Waals surface area contributed by atoms with Gasteiger partial charge in [0.15, 0.2) is 5.17 Å². The van der Waals surface area contributed by atoms with Gasteiger partial charge in [-0.3, -0.25) is 9.79 Å². The lowest BCUT2D eigenvalue weighted by atomic mass is 9.97. The molecular formula is C12H19N3O4S. The summed E-state index contributed by atoms with van der Waals surface area (Å²) < 4.78 is 5.85. The minimum atomic E-state index is -1.01. The van der Waals surface area contributed by atoms with E-state index >= 15 is 0 Å². The van der Waals surface area contributed by atoms with E-state index in [1.54, 1.807) is 11.9 Å². The minimum absolute atomic E-state index is 0.0884. The summed E-state index contributed by atoms with van der Waals surface area (Å²) in [6.45, 7) is 1.03. The van der Waals surface area contributed by atoms with E-state index in [4.69, 9.17) is 4.74 Å². The van der Waals surface area contributed by atoms with E-state index in [-0.39, 0.29) is 17.4 Å². The first-order valence-electron chi connectivity index (χ1n) is 6.79. The van der Waals surface area contributed by atoms with Crippen molar-refractivity contribution >= 4 is 22.8 Å². The molecule has 112 valence electrons. The van der Waals surface area contributed by atoms with Crippen LogP contribution in [0.25, 0.3) is 0 Å². The van der Waals surface area contributed by atoms with Crippen LogP contribution in [0.3, 0.4) is 0 Å². The summed E-state index contributed by atoms with van der Waals surface area (Å²) in [4.78, 5) is 17.4. The second-order valence-corrected chi connectivity index (χ2v) is 6.37. The van der Waals surface area contributed by atoms with Gasteiger partial charge in [-0.05, 0) is 6.42 Å². The minimum Gasteiger partial charge on any atom is -0.388 e. The molecule has 3 N–H and O–H groups in total. The number of carbonyl (C=O) groups is 1. The number of aliphatic hydroxyl groups is 2. The fourth-order valence-electron chi connectivity index (χ4n) is 2.85. The lowest BCUT2D eigenvalue weighted by Crippen LogP contribution is -2.61. The molecule has 0 radical (unpaired) electrons. The number of rotatable bonds is 2. The third-order valence-corrected chi connectivity index (χ3v) is 5.15. The van der Waals surface area contributed by atoms with Gasteiger partial charge in [0, 0.05) is 26.6 Å². The number of amidine groups is 1. The zero-order valence-electron chi connectivity index (χ0n) is 11.2. The second-order valence-electron chi connectivity index (χ2n) is 5.28. The van der Waals surface area contributed by atoms with Crippen LogP contribution >= 0.6 is 11.8 Å². The smallest absolute Gasteiger partial charge is 0.222 e. The van der Waals surface area contributed by atoms with Gasteiger partial charge in [-0.25, -0.2) is 0 Å². The first-order valence-corrected chi connectivity index (χ1v) is 7.67. The lowest BCUT2D eigenvalue weighted by molar-refractivity contribution is -0.164. The summed E-state index contributed by atoms with van der Waals surface area (Å²) in [6.07, 6.45) is -1.09. The zero-order chi connectivity index (χ0) is 14.3. The molecule has 0 aliphatic carbocycles. The Bertz CT molecular complexity index is 433. The molecule has 7 nitrogen and oxygen atoms in total. The first-order chi connectivity index (χ1) is 9.60. The first kappa shape index (κ1) is 14.1. The van der Waals surface area contributed by atoms with Crippen molar-refractivity contribution < 1.29 is 19.7 Å². The number of carbonyl (C=O) groups excluding carboxylic acids is 1. The van der Waals surface area contributed by atoms with E-state index in [1.807, 2.05) is 0 Å². The molecule has 3 fully saturated rings. The molecule has 0 aromatic carbocycles. The largest absolute Gasteiger partial charge is 0.388 e. The van der Waals surface area contributed by atoms with Gasteiger partial charge in [0.25, 0.3) is 0 Å². The van der Waals surface area contributed by atoms with E-state index < -0.39 is 18.3 Å². The Morgan fingerprint density at radius 2 is 2.30 bits per heavy atom. The van der Waals surface area contributed by atoms with Gasteiger partial charge in [0.1, 0.15) is 23.7 Å². The van der Waals surface area contributed by atoms with Crippen LogP contribution in [0.4, 0.5) is 0 Å². The Labute approximate surface area is 121 Å². The van der Waals surface area contributed by atoms with Crippen LogP contribution in [-0.4, -0.2) is 76.1 Å². The van der Waals surface area contributed by atoms with Crippen molar-refractivity contribution in [3.63, 3.8) is 0 Å². The van der Waals surface area contributed by atoms with Crippen molar-refractivity contribution in [3.05, 3.63) is 0 Å². The summed E-state index contributed by atoms with van der Waals surface area (Å²) in [5, 5.41) is 24.1. The maximum absolute atomic E-state index is 11.7. The lowest BCUT2D eigenvalue weighted by Gasteiger charge is -2.40. The summed E-state index contributed by atoms with van der Waals surface area (Å²) in [5.41, 5.74) is -0.283. The van der Waals surface area contributed by atoms with E-state index in [0.29, 0.717) is 24.7 Å². The van der Waals surface area contributed by atoms with E-state index in [1.165, 1.54) is 11.8 Å². The maximum Gasteiger partial charge on any atom is 0.222 e. The van der Waals surface area contributed by atoms with Gasteiger partial charge in [0.2, 0.25) is 5.91 Å². The fraction of sp³-hybridized carbons (Fsp3) is 0.833. The number of likely N-dealkylation sites (tertiary alicyclic amines) is 1. The highest BCUT2D eigenvalue weighted by molar-refractivity contribution is 8.14. The number of fused-ring (bicyclic) bond motifs is 1. The molecule has 0 aromatic rings. The number of thioether (sulfide) groups is 1. The summed E-state index contributed by atoms with van der Waals surface area (Å²) in [6, 6.07) is -0.362. The molecule has 0 saturated carbocycles. The Kier molecular flexibility index (Phi) is 3.89. The third-order valence-electron chi connectivity index (χ3n) is 3.99. The maximum atomic E-state index is 11.7. The highest BCUT2D eigenvalue weighted by atomic mass is 32.2. The number of aliphatic hydroxyl groups excluding tert-OH is 2. The van der Waals surface area contributed by atoms with Crippen LogP contribution < -0.4 is 5.32 Å². The monoisotopic (exact) mass is 301 g/mol. The number of hydrogen-bond acceptors (Lipinski definition) is 6. The number of hydrogen-bond donors (Lipinski definition) is 3. The van der Waals surface area contributed by atoms with Crippen LogP contribution in [0.15, 0.2) is 4.99 Å². The molecule has 0 aromatic heterocycles. The molecule has 0 bridgehead atoms.